The van der Waals surface area contributed by atoms with Crippen LogP contribution in [-0.4, -0.2) is 18.2 Å². The van der Waals surface area contributed by atoms with E-state index in [0.29, 0.717) is 0 Å². The van der Waals surface area contributed by atoms with Gasteiger partial charge >= 0.3 is 5.97 Å². The third-order valence-corrected chi connectivity index (χ3v) is 2.36. The number of hydrogen-bond acceptors (Lipinski definition) is 2. The van der Waals surface area contributed by atoms with Crippen LogP contribution in [0.3, 0.4) is 0 Å². The van der Waals surface area contributed by atoms with Gasteiger partial charge in [-0.3, -0.25) is 4.79 Å². The second kappa shape index (κ2) is 5.12. The summed E-state index contributed by atoms with van der Waals surface area (Å²) in [4.78, 5) is 10.5. The first-order valence-electron chi connectivity index (χ1n) is 4.13. The van der Waals surface area contributed by atoms with E-state index in [1.807, 2.05) is 24.3 Å². The number of benzene rings is 1. The molecule has 0 aliphatic rings. The quantitative estimate of drug-likeness (QED) is 0.903. The third kappa shape index (κ3) is 3.12. The van der Waals surface area contributed by atoms with Crippen LogP contribution in [0.25, 0.3) is 0 Å². The Morgan fingerprint density at radius 1 is 1.64 bits per heavy atom. The molecule has 14 heavy (non-hydrogen) atoms. The van der Waals surface area contributed by atoms with E-state index < -0.39 is 5.97 Å². The van der Waals surface area contributed by atoms with Gasteiger partial charge in [-0.15, -0.1) is 0 Å². The average molecular weight is 259 g/mol. The molecule has 1 atom stereocenters. The van der Waals surface area contributed by atoms with Crippen LogP contribution in [-0.2, 0) is 9.53 Å². The highest BCUT2D eigenvalue weighted by atomic mass is 79.9. The van der Waals surface area contributed by atoms with Crippen molar-refractivity contribution in [2.45, 2.75) is 12.5 Å². The summed E-state index contributed by atoms with van der Waals surface area (Å²) in [6.45, 7) is 0. The summed E-state index contributed by atoms with van der Waals surface area (Å²) in [7, 11) is 1.51. The van der Waals surface area contributed by atoms with Gasteiger partial charge in [-0.05, 0) is 17.7 Å². The van der Waals surface area contributed by atoms with Crippen molar-refractivity contribution in [2.24, 2.45) is 0 Å². The highest BCUT2D eigenvalue weighted by molar-refractivity contribution is 9.10. The van der Waals surface area contributed by atoms with E-state index >= 15 is 0 Å². The first-order chi connectivity index (χ1) is 6.63. The Kier molecular flexibility index (Phi) is 4.10. The SMILES string of the molecule is COC(CC(=O)O)c1cccc(Br)c1. The van der Waals surface area contributed by atoms with Crippen LogP contribution in [0.1, 0.15) is 18.1 Å². The van der Waals surface area contributed by atoms with Gasteiger partial charge in [-0.25, -0.2) is 0 Å². The van der Waals surface area contributed by atoms with Crippen LogP contribution in [0.5, 0.6) is 0 Å². The molecule has 0 bridgehead atoms. The molecule has 3 nitrogen and oxygen atoms in total. The lowest BCUT2D eigenvalue weighted by atomic mass is 10.1. The molecule has 1 aromatic carbocycles. The summed E-state index contributed by atoms with van der Waals surface area (Å²) in [5.74, 6) is -0.864. The topological polar surface area (TPSA) is 46.5 Å². The van der Waals surface area contributed by atoms with Gasteiger partial charge in [-0.1, -0.05) is 28.1 Å². The van der Waals surface area contributed by atoms with Gasteiger partial charge in [0, 0.05) is 11.6 Å². The highest BCUT2D eigenvalue weighted by Gasteiger charge is 2.14. The largest absolute Gasteiger partial charge is 0.481 e. The lowest BCUT2D eigenvalue weighted by Crippen LogP contribution is -2.08. The molecule has 0 aromatic heterocycles. The van der Waals surface area contributed by atoms with Crippen LogP contribution in [0.4, 0.5) is 0 Å². The van der Waals surface area contributed by atoms with Crippen molar-refractivity contribution in [3.05, 3.63) is 34.3 Å². The zero-order valence-electron chi connectivity index (χ0n) is 7.74. The van der Waals surface area contributed by atoms with Gasteiger partial charge < -0.3 is 9.84 Å². The Bertz CT molecular complexity index is 325. The molecule has 0 aliphatic carbocycles. The summed E-state index contributed by atoms with van der Waals surface area (Å²) in [6.07, 6.45) is -0.405. The second-order valence-electron chi connectivity index (χ2n) is 2.88. The fourth-order valence-electron chi connectivity index (χ4n) is 1.20. The smallest absolute Gasteiger partial charge is 0.306 e. The molecule has 1 N–H and O–H groups in total. The Morgan fingerprint density at radius 3 is 2.86 bits per heavy atom. The summed E-state index contributed by atoms with van der Waals surface area (Å²) in [5.41, 5.74) is 0.865. The highest BCUT2D eigenvalue weighted by Crippen LogP contribution is 2.23. The molecule has 0 heterocycles. The zero-order chi connectivity index (χ0) is 10.6. The summed E-state index contributed by atoms with van der Waals surface area (Å²) < 4.78 is 6.02. The maximum atomic E-state index is 10.5. The van der Waals surface area contributed by atoms with Gasteiger partial charge in [0.05, 0.1) is 12.5 Å². The lowest BCUT2D eigenvalue weighted by Gasteiger charge is -2.13. The molecule has 76 valence electrons. The van der Waals surface area contributed by atoms with Crippen molar-refractivity contribution in [1.82, 2.24) is 0 Å². The summed E-state index contributed by atoms with van der Waals surface area (Å²) in [6, 6.07) is 7.45. The van der Waals surface area contributed by atoms with Gasteiger partial charge in [0.2, 0.25) is 0 Å². The molecule has 0 saturated carbocycles. The van der Waals surface area contributed by atoms with E-state index in [1.165, 1.54) is 7.11 Å². The number of halogens is 1. The number of hydrogen-bond donors (Lipinski definition) is 1. The van der Waals surface area contributed by atoms with Crippen LogP contribution < -0.4 is 0 Å². The average Bonchev–Trinajstić information content (AvgIpc) is 2.14. The number of ether oxygens (including phenoxy) is 1. The van der Waals surface area contributed by atoms with Crippen LogP contribution in [0, 0.1) is 0 Å². The van der Waals surface area contributed by atoms with Crippen molar-refractivity contribution in [3.63, 3.8) is 0 Å². The molecule has 4 heteroatoms. The van der Waals surface area contributed by atoms with E-state index in [4.69, 9.17) is 9.84 Å². The number of carboxylic acids is 1. The Labute approximate surface area is 90.8 Å². The van der Waals surface area contributed by atoms with E-state index in [-0.39, 0.29) is 12.5 Å². The minimum absolute atomic E-state index is 0.0209. The first-order valence-corrected chi connectivity index (χ1v) is 4.93. The Hall–Kier alpha value is -0.870. The zero-order valence-corrected chi connectivity index (χ0v) is 9.32. The van der Waals surface area contributed by atoms with Crippen molar-refractivity contribution < 1.29 is 14.6 Å². The van der Waals surface area contributed by atoms with Gasteiger partial charge in [-0.2, -0.15) is 0 Å². The van der Waals surface area contributed by atoms with Crippen LogP contribution in [0.2, 0.25) is 0 Å². The predicted octanol–water partition coefficient (Wildman–Crippen LogP) is 2.61. The Morgan fingerprint density at radius 2 is 2.36 bits per heavy atom. The van der Waals surface area contributed by atoms with Crippen LogP contribution >= 0.6 is 15.9 Å². The molecular formula is C10H11BrO3. The molecule has 0 radical (unpaired) electrons. The van der Waals surface area contributed by atoms with Crippen molar-refractivity contribution in [3.8, 4) is 0 Å². The number of methoxy groups -OCH3 is 1. The molecule has 1 aromatic rings. The van der Waals surface area contributed by atoms with Crippen molar-refractivity contribution in [2.75, 3.05) is 7.11 Å². The van der Waals surface area contributed by atoms with Gasteiger partial charge in [0.25, 0.3) is 0 Å². The standard InChI is InChI=1S/C10H11BrO3/c1-14-9(6-10(12)13)7-3-2-4-8(11)5-7/h2-5,9H,6H2,1H3,(H,12,13). The molecule has 1 unspecified atom stereocenters. The number of rotatable bonds is 4. The fourth-order valence-corrected chi connectivity index (χ4v) is 1.62. The lowest BCUT2D eigenvalue weighted by molar-refractivity contribution is -0.139. The third-order valence-electron chi connectivity index (χ3n) is 1.86. The van der Waals surface area contributed by atoms with Crippen molar-refractivity contribution in [1.29, 1.82) is 0 Å². The Balaban J connectivity index is 2.83. The molecule has 0 saturated heterocycles. The maximum absolute atomic E-state index is 10.5. The first kappa shape index (κ1) is 11.2. The minimum atomic E-state index is -0.864. The maximum Gasteiger partial charge on any atom is 0.306 e. The monoisotopic (exact) mass is 258 g/mol. The summed E-state index contributed by atoms with van der Waals surface area (Å²) >= 11 is 3.32. The molecule has 0 spiro atoms. The van der Waals surface area contributed by atoms with Gasteiger partial charge in [0.1, 0.15) is 0 Å². The minimum Gasteiger partial charge on any atom is -0.481 e. The normalized spacial score (nSPS) is 12.4. The molecular weight excluding hydrogens is 248 g/mol. The number of aliphatic carboxylic acids is 1. The second-order valence-corrected chi connectivity index (χ2v) is 3.79. The molecule has 0 fully saturated rings. The fraction of sp³-hybridized carbons (Fsp3) is 0.300. The molecule has 0 amide bonds. The van der Waals surface area contributed by atoms with E-state index in [1.54, 1.807) is 0 Å². The molecule has 1 rings (SSSR count). The number of carboxylic acid groups (broad SMARTS) is 1. The molecule has 0 aliphatic heterocycles. The van der Waals surface area contributed by atoms with Crippen molar-refractivity contribution >= 4 is 21.9 Å². The predicted molar refractivity (Wildman–Crippen MR) is 56.1 cm³/mol. The van der Waals surface area contributed by atoms with E-state index in [0.717, 1.165) is 10.0 Å². The summed E-state index contributed by atoms with van der Waals surface area (Å²) in [5, 5.41) is 8.65. The van der Waals surface area contributed by atoms with E-state index in [2.05, 4.69) is 15.9 Å². The van der Waals surface area contributed by atoms with E-state index in [9.17, 15) is 4.79 Å². The van der Waals surface area contributed by atoms with Crippen LogP contribution in [0.15, 0.2) is 28.7 Å². The number of carbonyl (C=O) groups is 1. The van der Waals surface area contributed by atoms with Gasteiger partial charge in [0.15, 0.2) is 0 Å².